The van der Waals surface area contributed by atoms with Crippen LogP contribution < -0.4 is 16.0 Å². The van der Waals surface area contributed by atoms with Gasteiger partial charge >= 0.3 is 0 Å². The summed E-state index contributed by atoms with van der Waals surface area (Å²) in [5, 5.41) is 10.3. The van der Waals surface area contributed by atoms with Gasteiger partial charge in [0.1, 0.15) is 0 Å². The first-order valence-electron chi connectivity index (χ1n) is 8.94. The molecular weight excluding hydrogens is 340 g/mol. The number of aryl methyl sites for hydroxylation is 1. The summed E-state index contributed by atoms with van der Waals surface area (Å²) in [6, 6.07) is 14.1. The number of guanidine groups is 1. The van der Waals surface area contributed by atoms with Crippen LogP contribution >= 0.6 is 0 Å². The van der Waals surface area contributed by atoms with Crippen molar-refractivity contribution in [1.29, 1.82) is 0 Å². The average molecular weight is 364 g/mol. The van der Waals surface area contributed by atoms with Gasteiger partial charge < -0.3 is 20.5 Å². The quantitative estimate of drug-likeness (QED) is 0.341. The lowest BCUT2D eigenvalue weighted by atomic mass is 10.2. The Morgan fingerprint density at radius 1 is 1.15 bits per heavy atom. The lowest BCUT2D eigenvalue weighted by Gasteiger charge is -2.12. The third kappa shape index (κ3) is 5.31. The molecule has 3 rings (SSSR count). The summed E-state index contributed by atoms with van der Waals surface area (Å²) in [6.45, 7) is 1.81. The second kappa shape index (κ2) is 9.38. The fourth-order valence-corrected chi connectivity index (χ4v) is 2.82. The standard InChI is InChI=1S/C20H24N6O/c1-21-20(24-15-19(27)25-17-7-4-10-22-14-17)23-11-5-12-26-13-9-16-6-2-3-8-18(16)26/h2-4,6-10,13-14H,5,11-12,15H2,1H3,(H,25,27)(H2,21,23,24). The number of pyridine rings is 1. The Balaban J connectivity index is 1.38. The van der Waals surface area contributed by atoms with Gasteiger partial charge in [-0.25, -0.2) is 0 Å². The summed E-state index contributed by atoms with van der Waals surface area (Å²) < 4.78 is 2.24. The molecule has 3 N–H and O–H groups in total. The highest BCUT2D eigenvalue weighted by molar-refractivity contribution is 5.94. The van der Waals surface area contributed by atoms with Gasteiger partial charge in [0.05, 0.1) is 18.4 Å². The fraction of sp³-hybridized carbons (Fsp3) is 0.250. The zero-order valence-electron chi connectivity index (χ0n) is 15.4. The van der Waals surface area contributed by atoms with E-state index in [9.17, 15) is 4.79 Å². The van der Waals surface area contributed by atoms with Crippen LogP contribution in [0.2, 0.25) is 0 Å². The molecule has 140 valence electrons. The Kier molecular flexibility index (Phi) is 6.40. The number of benzene rings is 1. The van der Waals surface area contributed by atoms with Gasteiger partial charge in [-0.2, -0.15) is 0 Å². The van der Waals surface area contributed by atoms with Crippen molar-refractivity contribution in [3.8, 4) is 0 Å². The normalized spacial score (nSPS) is 11.4. The lowest BCUT2D eigenvalue weighted by Crippen LogP contribution is -2.41. The number of aromatic nitrogens is 2. The molecule has 7 heteroatoms. The fourth-order valence-electron chi connectivity index (χ4n) is 2.82. The van der Waals surface area contributed by atoms with E-state index in [0.29, 0.717) is 11.6 Å². The van der Waals surface area contributed by atoms with Crippen molar-refractivity contribution < 1.29 is 4.79 Å². The van der Waals surface area contributed by atoms with Crippen molar-refractivity contribution >= 4 is 28.5 Å². The molecule has 0 saturated heterocycles. The number of hydrogen-bond acceptors (Lipinski definition) is 3. The maximum Gasteiger partial charge on any atom is 0.243 e. The summed E-state index contributed by atoms with van der Waals surface area (Å²) in [5.41, 5.74) is 1.92. The van der Waals surface area contributed by atoms with E-state index in [1.165, 1.54) is 10.9 Å². The molecule has 1 amide bonds. The van der Waals surface area contributed by atoms with Crippen LogP contribution in [0.5, 0.6) is 0 Å². The molecule has 2 aromatic heterocycles. The first kappa shape index (κ1) is 18.4. The predicted octanol–water partition coefficient (Wildman–Crippen LogP) is 2.23. The smallest absolute Gasteiger partial charge is 0.243 e. The van der Waals surface area contributed by atoms with Gasteiger partial charge in [0, 0.05) is 38.0 Å². The molecule has 1 aromatic carbocycles. The minimum absolute atomic E-state index is 0.136. The summed E-state index contributed by atoms with van der Waals surface area (Å²) in [7, 11) is 1.69. The second-order valence-corrected chi connectivity index (χ2v) is 6.06. The molecule has 2 heterocycles. The molecule has 0 aliphatic rings. The van der Waals surface area contributed by atoms with Gasteiger partial charge in [-0.05, 0) is 36.1 Å². The number of aliphatic imine (C=N–C) groups is 1. The first-order valence-corrected chi connectivity index (χ1v) is 8.94. The predicted molar refractivity (Wildman–Crippen MR) is 109 cm³/mol. The molecular formula is C20H24N6O. The van der Waals surface area contributed by atoms with E-state index in [1.54, 1.807) is 31.6 Å². The van der Waals surface area contributed by atoms with Crippen LogP contribution in [0.3, 0.4) is 0 Å². The van der Waals surface area contributed by atoms with Crippen LogP contribution in [-0.4, -0.2) is 41.6 Å². The number of amides is 1. The summed E-state index contributed by atoms with van der Waals surface area (Å²) in [4.78, 5) is 20.1. The number of hydrogen-bond donors (Lipinski definition) is 3. The topological polar surface area (TPSA) is 83.3 Å². The molecule has 0 aliphatic carbocycles. The average Bonchev–Trinajstić information content (AvgIpc) is 3.11. The number of para-hydroxylation sites is 1. The summed E-state index contributed by atoms with van der Waals surface area (Å²) in [6.07, 6.45) is 6.33. The largest absolute Gasteiger partial charge is 0.356 e. The molecule has 0 bridgehead atoms. The first-order chi connectivity index (χ1) is 13.3. The van der Waals surface area contributed by atoms with E-state index in [-0.39, 0.29) is 12.5 Å². The number of rotatable bonds is 7. The van der Waals surface area contributed by atoms with Crippen molar-refractivity contribution in [2.45, 2.75) is 13.0 Å². The Morgan fingerprint density at radius 2 is 2.04 bits per heavy atom. The van der Waals surface area contributed by atoms with Gasteiger partial charge in [0.25, 0.3) is 0 Å². The maximum absolute atomic E-state index is 12.0. The van der Waals surface area contributed by atoms with Gasteiger partial charge in [-0.15, -0.1) is 0 Å². The van der Waals surface area contributed by atoms with Gasteiger partial charge in [-0.1, -0.05) is 18.2 Å². The highest BCUT2D eigenvalue weighted by Crippen LogP contribution is 2.15. The van der Waals surface area contributed by atoms with Crippen LogP contribution in [-0.2, 0) is 11.3 Å². The van der Waals surface area contributed by atoms with Crippen LogP contribution in [0.1, 0.15) is 6.42 Å². The van der Waals surface area contributed by atoms with Crippen LogP contribution in [0, 0.1) is 0 Å². The van der Waals surface area contributed by atoms with E-state index < -0.39 is 0 Å². The van der Waals surface area contributed by atoms with Crippen molar-refractivity contribution in [3.05, 3.63) is 61.1 Å². The SMILES string of the molecule is CN=C(NCCCn1ccc2ccccc21)NCC(=O)Nc1cccnc1. The molecule has 3 aromatic rings. The van der Waals surface area contributed by atoms with Crippen molar-refractivity contribution in [2.75, 3.05) is 25.5 Å². The van der Waals surface area contributed by atoms with Gasteiger partial charge in [0.2, 0.25) is 5.91 Å². The highest BCUT2D eigenvalue weighted by Gasteiger charge is 2.04. The molecule has 27 heavy (non-hydrogen) atoms. The summed E-state index contributed by atoms with van der Waals surface area (Å²) in [5.74, 6) is 0.457. The third-order valence-electron chi connectivity index (χ3n) is 4.13. The second-order valence-electron chi connectivity index (χ2n) is 6.06. The van der Waals surface area contributed by atoms with E-state index >= 15 is 0 Å². The zero-order chi connectivity index (χ0) is 18.9. The molecule has 0 spiro atoms. The third-order valence-corrected chi connectivity index (χ3v) is 4.13. The molecule has 0 atom stereocenters. The van der Waals surface area contributed by atoms with E-state index in [1.807, 2.05) is 6.07 Å². The van der Waals surface area contributed by atoms with E-state index in [2.05, 4.69) is 61.0 Å². The molecule has 0 radical (unpaired) electrons. The number of carbonyl (C=O) groups excluding carboxylic acids is 1. The zero-order valence-corrected chi connectivity index (χ0v) is 15.4. The molecule has 0 saturated carbocycles. The Hall–Kier alpha value is -3.35. The number of carbonyl (C=O) groups is 1. The number of nitrogens with one attached hydrogen (secondary N) is 3. The van der Waals surface area contributed by atoms with Gasteiger partial charge in [-0.3, -0.25) is 14.8 Å². The van der Waals surface area contributed by atoms with Crippen LogP contribution in [0.15, 0.2) is 66.0 Å². The van der Waals surface area contributed by atoms with Gasteiger partial charge in [0.15, 0.2) is 5.96 Å². The van der Waals surface area contributed by atoms with Crippen molar-refractivity contribution in [1.82, 2.24) is 20.2 Å². The van der Waals surface area contributed by atoms with Crippen LogP contribution in [0.4, 0.5) is 5.69 Å². The molecule has 0 unspecified atom stereocenters. The van der Waals surface area contributed by atoms with E-state index in [4.69, 9.17) is 0 Å². The molecule has 7 nitrogen and oxygen atoms in total. The monoisotopic (exact) mass is 364 g/mol. The van der Waals surface area contributed by atoms with Crippen LogP contribution in [0.25, 0.3) is 10.9 Å². The van der Waals surface area contributed by atoms with Crippen molar-refractivity contribution in [2.24, 2.45) is 4.99 Å². The maximum atomic E-state index is 12.0. The van der Waals surface area contributed by atoms with E-state index in [0.717, 1.165) is 19.5 Å². The minimum Gasteiger partial charge on any atom is -0.356 e. The number of fused-ring (bicyclic) bond motifs is 1. The van der Waals surface area contributed by atoms with Crippen molar-refractivity contribution in [3.63, 3.8) is 0 Å². The highest BCUT2D eigenvalue weighted by atomic mass is 16.1. The minimum atomic E-state index is -0.148. The number of anilines is 1. The summed E-state index contributed by atoms with van der Waals surface area (Å²) >= 11 is 0. The molecule has 0 aliphatic heterocycles. The molecule has 0 fully saturated rings. The Labute approximate surface area is 158 Å². The Bertz CT molecular complexity index is 903. The Morgan fingerprint density at radius 3 is 2.85 bits per heavy atom. The lowest BCUT2D eigenvalue weighted by molar-refractivity contribution is -0.115. The number of nitrogens with zero attached hydrogens (tertiary/aromatic N) is 3.